The van der Waals surface area contributed by atoms with Crippen LogP contribution in [-0.4, -0.2) is 23.5 Å². The van der Waals surface area contributed by atoms with E-state index in [1.807, 2.05) is 18.4 Å². The highest BCUT2D eigenvalue weighted by Crippen LogP contribution is 2.20. The molecule has 2 aromatic carbocycles. The molecule has 1 aromatic heterocycles. The third kappa shape index (κ3) is 5.15. The molecule has 27 heavy (non-hydrogen) atoms. The van der Waals surface area contributed by atoms with Gasteiger partial charge in [0.15, 0.2) is 5.13 Å². The van der Waals surface area contributed by atoms with E-state index in [4.69, 9.17) is 4.74 Å². The van der Waals surface area contributed by atoms with E-state index in [9.17, 15) is 9.59 Å². The molecule has 0 aliphatic heterocycles. The number of aromatic nitrogens is 1. The van der Waals surface area contributed by atoms with Crippen molar-refractivity contribution in [3.8, 4) is 0 Å². The summed E-state index contributed by atoms with van der Waals surface area (Å²) in [7, 11) is 0. The number of ether oxygens (including phenoxy) is 1. The van der Waals surface area contributed by atoms with Crippen LogP contribution in [0.25, 0.3) is 0 Å². The summed E-state index contributed by atoms with van der Waals surface area (Å²) in [4.78, 5) is 28.7. The zero-order valence-corrected chi connectivity index (χ0v) is 15.6. The normalized spacial score (nSPS) is 10.3. The molecule has 0 bridgehead atoms. The Balaban J connectivity index is 1.69. The number of benzene rings is 2. The van der Waals surface area contributed by atoms with E-state index < -0.39 is 5.97 Å². The maximum Gasteiger partial charge on any atom is 0.338 e. The topological polar surface area (TPSA) is 80.3 Å². The fourth-order valence-corrected chi connectivity index (χ4v) is 2.90. The summed E-state index contributed by atoms with van der Waals surface area (Å²) in [5.41, 5.74) is 2.20. The Morgan fingerprint density at radius 3 is 2.56 bits per heavy atom. The molecule has 0 fully saturated rings. The first-order valence-electron chi connectivity index (χ1n) is 8.51. The molecule has 0 saturated heterocycles. The van der Waals surface area contributed by atoms with Gasteiger partial charge in [0.1, 0.15) is 0 Å². The first-order chi connectivity index (χ1) is 13.2. The molecular weight excluding hydrogens is 362 g/mol. The predicted octanol–water partition coefficient (Wildman–Crippen LogP) is 4.71. The summed E-state index contributed by atoms with van der Waals surface area (Å²) in [5.74, 6) is -0.667. The molecule has 138 valence electrons. The van der Waals surface area contributed by atoms with E-state index in [1.54, 1.807) is 48.7 Å². The molecule has 0 unspecified atom stereocenters. The van der Waals surface area contributed by atoms with Gasteiger partial charge in [0, 0.05) is 28.5 Å². The van der Waals surface area contributed by atoms with Crippen LogP contribution in [-0.2, 0) is 4.74 Å². The zero-order valence-electron chi connectivity index (χ0n) is 14.8. The molecule has 2 N–H and O–H groups in total. The van der Waals surface area contributed by atoms with Crippen LogP contribution in [0.15, 0.2) is 60.1 Å². The molecule has 1 amide bonds. The van der Waals surface area contributed by atoms with Crippen molar-refractivity contribution in [3.63, 3.8) is 0 Å². The molecule has 3 rings (SSSR count). The summed E-state index contributed by atoms with van der Waals surface area (Å²) in [6.45, 7) is 2.30. The van der Waals surface area contributed by atoms with E-state index in [0.29, 0.717) is 23.4 Å². The maximum atomic E-state index is 12.6. The van der Waals surface area contributed by atoms with Crippen LogP contribution in [0.4, 0.5) is 16.5 Å². The van der Waals surface area contributed by atoms with E-state index in [0.717, 1.165) is 17.2 Å². The van der Waals surface area contributed by atoms with E-state index in [2.05, 4.69) is 15.6 Å². The van der Waals surface area contributed by atoms with Crippen molar-refractivity contribution in [1.82, 2.24) is 4.98 Å². The van der Waals surface area contributed by atoms with Gasteiger partial charge < -0.3 is 15.4 Å². The fraction of sp³-hybridized carbons (Fsp3) is 0.150. The van der Waals surface area contributed by atoms with Gasteiger partial charge in [0.2, 0.25) is 0 Å². The number of nitrogens with zero attached hydrogens (tertiary/aromatic N) is 1. The lowest BCUT2D eigenvalue weighted by molar-refractivity contribution is 0.0505. The number of carbonyl (C=O) groups excluding carboxylic acids is 2. The summed E-state index contributed by atoms with van der Waals surface area (Å²) < 4.78 is 5.12. The minimum atomic E-state index is -0.400. The molecule has 3 aromatic rings. The van der Waals surface area contributed by atoms with Gasteiger partial charge in [-0.3, -0.25) is 4.79 Å². The molecule has 0 saturated carbocycles. The first kappa shape index (κ1) is 18.6. The molecule has 0 spiro atoms. The summed E-state index contributed by atoms with van der Waals surface area (Å²) in [5, 5.41) is 8.59. The maximum absolute atomic E-state index is 12.6. The van der Waals surface area contributed by atoms with Crippen LogP contribution in [0.5, 0.6) is 0 Å². The minimum Gasteiger partial charge on any atom is -0.462 e. The van der Waals surface area contributed by atoms with Crippen molar-refractivity contribution in [2.24, 2.45) is 0 Å². The number of carbonyl (C=O) groups is 2. The number of thiazole rings is 1. The molecular formula is C20H19N3O3S. The fourth-order valence-electron chi connectivity index (χ4n) is 2.35. The van der Waals surface area contributed by atoms with Gasteiger partial charge in [-0.25, -0.2) is 9.78 Å². The van der Waals surface area contributed by atoms with Crippen LogP contribution in [0.3, 0.4) is 0 Å². The Morgan fingerprint density at radius 2 is 1.81 bits per heavy atom. The van der Waals surface area contributed by atoms with Crippen molar-refractivity contribution >= 4 is 39.7 Å². The van der Waals surface area contributed by atoms with Gasteiger partial charge >= 0.3 is 5.97 Å². The van der Waals surface area contributed by atoms with Crippen molar-refractivity contribution in [2.75, 3.05) is 17.2 Å². The third-order valence-corrected chi connectivity index (χ3v) is 4.29. The van der Waals surface area contributed by atoms with Crippen molar-refractivity contribution < 1.29 is 14.3 Å². The number of hydrogen-bond acceptors (Lipinski definition) is 6. The second kappa shape index (κ2) is 8.95. The second-order valence-corrected chi connectivity index (χ2v) is 6.61. The molecule has 6 nitrogen and oxygen atoms in total. The van der Waals surface area contributed by atoms with Crippen LogP contribution in [0.2, 0.25) is 0 Å². The Hall–Kier alpha value is -3.19. The first-order valence-corrected chi connectivity index (χ1v) is 9.39. The number of anilines is 3. The van der Waals surface area contributed by atoms with Crippen molar-refractivity contribution in [3.05, 3.63) is 71.2 Å². The summed E-state index contributed by atoms with van der Waals surface area (Å²) in [6.07, 6.45) is 2.47. The lowest BCUT2D eigenvalue weighted by atomic mass is 10.1. The summed E-state index contributed by atoms with van der Waals surface area (Å²) in [6, 6.07) is 13.8. The Labute approximate surface area is 161 Å². The highest BCUT2D eigenvalue weighted by molar-refractivity contribution is 7.13. The zero-order chi connectivity index (χ0) is 19.1. The largest absolute Gasteiger partial charge is 0.462 e. The molecule has 0 aliphatic carbocycles. The van der Waals surface area contributed by atoms with Crippen LogP contribution < -0.4 is 10.6 Å². The van der Waals surface area contributed by atoms with Gasteiger partial charge in [0.05, 0.1) is 12.2 Å². The Bertz CT molecular complexity index is 926. The number of esters is 1. The van der Waals surface area contributed by atoms with Gasteiger partial charge in [-0.2, -0.15) is 0 Å². The third-order valence-electron chi connectivity index (χ3n) is 3.60. The highest BCUT2D eigenvalue weighted by Gasteiger charge is 2.11. The van der Waals surface area contributed by atoms with Gasteiger partial charge in [-0.05, 0) is 42.8 Å². The van der Waals surface area contributed by atoms with Gasteiger partial charge in [-0.1, -0.05) is 19.1 Å². The number of hydrogen-bond donors (Lipinski definition) is 2. The SMILES string of the molecule is CCCOC(=O)c1cccc(NC(=O)c2cccc(Nc3nccs3)c2)c1. The molecule has 0 atom stereocenters. The van der Waals surface area contributed by atoms with Crippen LogP contribution in [0.1, 0.15) is 34.1 Å². The van der Waals surface area contributed by atoms with E-state index in [1.165, 1.54) is 11.3 Å². The summed E-state index contributed by atoms with van der Waals surface area (Å²) >= 11 is 1.48. The smallest absolute Gasteiger partial charge is 0.338 e. The average Bonchev–Trinajstić information content (AvgIpc) is 3.19. The second-order valence-electron chi connectivity index (χ2n) is 5.71. The van der Waals surface area contributed by atoms with Crippen molar-refractivity contribution in [1.29, 1.82) is 0 Å². The number of rotatable bonds is 7. The lowest BCUT2D eigenvalue weighted by Crippen LogP contribution is -2.13. The lowest BCUT2D eigenvalue weighted by Gasteiger charge is -2.09. The standard InChI is InChI=1S/C20H19N3O3S/c1-2-10-26-19(25)15-6-4-7-16(13-15)22-18(24)14-5-3-8-17(12-14)23-20-21-9-11-27-20/h3-9,11-13H,2,10H2,1H3,(H,21,23)(H,22,24). The Morgan fingerprint density at radius 1 is 1.07 bits per heavy atom. The molecule has 0 radical (unpaired) electrons. The molecule has 7 heteroatoms. The molecule has 0 aliphatic rings. The van der Waals surface area contributed by atoms with Crippen LogP contribution >= 0.6 is 11.3 Å². The number of amides is 1. The minimum absolute atomic E-state index is 0.267. The quantitative estimate of drug-likeness (QED) is 0.580. The highest BCUT2D eigenvalue weighted by atomic mass is 32.1. The Kier molecular flexibility index (Phi) is 6.17. The van der Waals surface area contributed by atoms with Gasteiger partial charge in [-0.15, -0.1) is 11.3 Å². The average molecular weight is 381 g/mol. The monoisotopic (exact) mass is 381 g/mol. The molecule has 1 heterocycles. The van der Waals surface area contributed by atoms with E-state index >= 15 is 0 Å². The van der Waals surface area contributed by atoms with E-state index in [-0.39, 0.29) is 5.91 Å². The van der Waals surface area contributed by atoms with Crippen molar-refractivity contribution in [2.45, 2.75) is 13.3 Å². The van der Waals surface area contributed by atoms with Crippen LogP contribution in [0, 0.1) is 0 Å². The number of nitrogens with one attached hydrogen (secondary N) is 2. The van der Waals surface area contributed by atoms with Gasteiger partial charge in [0.25, 0.3) is 5.91 Å². The predicted molar refractivity (Wildman–Crippen MR) is 107 cm³/mol.